The van der Waals surface area contributed by atoms with E-state index in [1.807, 2.05) is 11.8 Å². The molecule has 0 saturated carbocycles. The van der Waals surface area contributed by atoms with Gasteiger partial charge in [-0.2, -0.15) is 0 Å². The predicted octanol–water partition coefficient (Wildman–Crippen LogP) is 1.66. The SMILES string of the molecule is Cc1cnc(C(=O)N2CCC(N3CCC[C@H](C(=O)N4CCCC4)C3)CC2)[nH]1. The van der Waals surface area contributed by atoms with Gasteiger partial charge in [0.05, 0.1) is 5.92 Å². The third kappa shape index (κ3) is 4.03. The minimum absolute atomic E-state index is 0.00211. The number of piperidine rings is 2. The van der Waals surface area contributed by atoms with Crippen LogP contribution in [0.2, 0.25) is 0 Å². The smallest absolute Gasteiger partial charge is 0.289 e. The van der Waals surface area contributed by atoms with Crippen LogP contribution in [0, 0.1) is 12.8 Å². The van der Waals surface area contributed by atoms with E-state index in [9.17, 15) is 9.59 Å². The summed E-state index contributed by atoms with van der Waals surface area (Å²) in [5.41, 5.74) is 0.912. The van der Waals surface area contributed by atoms with E-state index in [2.05, 4.69) is 19.8 Å². The number of likely N-dealkylation sites (tertiary alicyclic amines) is 3. The van der Waals surface area contributed by atoms with Crippen LogP contribution in [0.4, 0.5) is 0 Å². The van der Waals surface area contributed by atoms with Crippen LogP contribution >= 0.6 is 0 Å². The van der Waals surface area contributed by atoms with Crippen LogP contribution in [0.5, 0.6) is 0 Å². The van der Waals surface area contributed by atoms with E-state index in [1.54, 1.807) is 6.20 Å². The van der Waals surface area contributed by atoms with E-state index in [-0.39, 0.29) is 11.8 Å². The molecule has 0 aliphatic carbocycles. The molecule has 3 aliphatic heterocycles. The quantitative estimate of drug-likeness (QED) is 0.875. The van der Waals surface area contributed by atoms with Crippen LogP contribution in [0.15, 0.2) is 6.20 Å². The number of carbonyl (C=O) groups is 2. The van der Waals surface area contributed by atoms with Gasteiger partial charge in [-0.1, -0.05) is 0 Å². The van der Waals surface area contributed by atoms with E-state index in [0.29, 0.717) is 17.8 Å². The largest absolute Gasteiger partial charge is 0.342 e. The van der Waals surface area contributed by atoms with Gasteiger partial charge in [-0.05, 0) is 52.0 Å². The number of H-pyrrole nitrogens is 1. The van der Waals surface area contributed by atoms with E-state index in [1.165, 1.54) is 0 Å². The Kier molecular flexibility index (Phi) is 5.48. The predicted molar refractivity (Wildman–Crippen MR) is 102 cm³/mol. The Morgan fingerprint density at radius 3 is 2.41 bits per heavy atom. The van der Waals surface area contributed by atoms with Crippen LogP contribution in [-0.2, 0) is 4.79 Å². The molecule has 1 atom stereocenters. The first-order valence-electron chi connectivity index (χ1n) is 10.5. The molecule has 3 saturated heterocycles. The third-order valence-electron chi connectivity index (χ3n) is 6.39. The van der Waals surface area contributed by atoms with E-state index in [4.69, 9.17) is 0 Å². The van der Waals surface area contributed by atoms with Crippen LogP contribution in [-0.4, -0.2) is 81.8 Å². The molecule has 1 N–H and O–H groups in total. The number of amides is 2. The maximum Gasteiger partial charge on any atom is 0.289 e. The maximum absolute atomic E-state index is 12.8. The minimum atomic E-state index is 0.00211. The number of hydrogen-bond acceptors (Lipinski definition) is 4. The number of nitrogens with one attached hydrogen (secondary N) is 1. The van der Waals surface area contributed by atoms with Crippen molar-refractivity contribution in [2.24, 2.45) is 5.92 Å². The summed E-state index contributed by atoms with van der Waals surface area (Å²) >= 11 is 0. The zero-order valence-corrected chi connectivity index (χ0v) is 16.3. The van der Waals surface area contributed by atoms with Gasteiger partial charge in [0.15, 0.2) is 5.82 Å². The van der Waals surface area contributed by atoms with Crippen molar-refractivity contribution in [3.63, 3.8) is 0 Å². The molecule has 0 radical (unpaired) electrons. The summed E-state index contributed by atoms with van der Waals surface area (Å²) in [5.74, 6) is 0.989. The zero-order chi connectivity index (χ0) is 18.8. The van der Waals surface area contributed by atoms with Gasteiger partial charge in [-0.3, -0.25) is 14.5 Å². The molecule has 2 amide bonds. The molecule has 148 valence electrons. The van der Waals surface area contributed by atoms with Gasteiger partial charge >= 0.3 is 0 Å². The normalized spacial score (nSPS) is 25.1. The maximum atomic E-state index is 12.8. The topological polar surface area (TPSA) is 72.5 Å². The Labute approximate surface area is 161 Å². The first-order valence-corrected chi connectivity index (χ1v) is 10.5. The van der Waals surface area contributed by atoms with Crippen molar-refractivity contribution < 1.29 is 9.59 Å². The molecule has 4 rings (SSSR count). The van der Waals surface area contributed by atoms with Gasteiger partial charge in [0.2, 0.25) is 5.91 Å². The van der Waals surface area contributed by atoms with Crippen LogP contribution < -0.4 is 0 Å². The molecule has 4 heterocycles. The van der Waals surface area contributed by atoms with Gasteiger partial charge in [0.1, 0.15) is 0 Å². The lowest BCUT2D eigenvalue weighted by atomic mass is 9.93. The molecule has 0 bridgehead atoms. The molecule has 1 aromatic rings. The van der Waals surface area contributed by atoms with Gasteiger partial charge in [0, 0.05) is 50.7 Å². The number of carbonyl (C=O) groups excluding carboxylic acids is 2. The highest BCUT2D eigenvalue weighted by atomic mass is 16.2. The molecule has 0 unspecified atom stereocenters. The summed E-state index contributed by atoms with van der Waals surface area (Å²) in [5, 5.41) is 0. The highest BCUT2D eigenvalue weighted by Crippen LogP contribution is 2.26. The molecule has 7 heteroatoms. The fourth-order valence-electron chi connectivity index (χ4n) is 4.84. The Hall–Kier alpha value is -1.89. The van der Waals surface area contributed by atoms with Crippen molar-refractivity contribution in [1.29, 1.82) is 0 Å². The monoisotopic (exact) mass is 373 g/mol. The zero-order valence-electron chi connectivity index (χ0n) is 16.3. The molecule has 3 aliphatic rings. The summed E-state index contributed by atoms with van der Waals surface area (Å²) in [6.07, 6.45) is 8.11. The molecular formula is C20H31N5O2. The lowest BCUT2D eigenvalue weighted by Gasteiger charge is -2.42. The second-order valence-electron chi connectivity index (χ2n) is 8.30. The summed E-state index contributed by atoms with van der Waals surface area (Å²) in [6.45, 7) is 7.32. The fraction of sp³-hybridized carbons (Fsp3) is 0.750. The minimum Gasteiger partial charge on any atom is -0.342 e. The number of nitrogens with zero attached hydrogens (tertiary/aromatic N) is 4. The summed E-state index contributed by atoms with van der Waals surface area (Å²) in [4.78, 5) is 39.0. The fourth-order valence-corrected chi connectivity index (χ4v) is 4.84. The Balaban J connectivity index is 1.30. The average molecular weight is 374 g/mol. The lowest BCUT2D eigenvalue weighted by Crippen LogP contribution is -2.51. The number of rotatable bonds is 3. The molecule has 1 aromatic heterocycles. The average Bonchev–Trinajstić information content (AvgIpc) is 3.39. The lowest BCUT2D eigenvalue weighted by molar-refractivity contribution is -0.136. The molecule has 27 heavy (non-hydrogen) atoms. The van der Waals surface area contributed by atoms with Crippen LogP contribution in [0.3, 0.4) is 0 Å². The third-order valence-corrected chi connectivity index (χ3v) is 6.39. The number of hydrogen-bond donors (Lipinski definition) is 1. The van der Waals surface area contributed by atoms with E-state index >= 15 is 0 Å². The number of aromatic amines is 1. The van der Waals surface area contributed by atoms with Crippen molar-refractivity contribution in [2.45, 2.75) is 51.5 Å². The second-order valence-corrected chi connectivity index (χ2v) is 8.30. The van der Waals surface area contributed by atoms with Crippen molar-refractivity contribution in [3.8, 4) is 0 Å². The highest BCUT2D eigenvalue weighted by Gasteiger charge is 2.35. The first kappa shape index (κ1) is 18.5. The van der Waals surface area contributed by atoms with Crippen molar-refractivity contribution >= 4 is 11.8 Å². The van der Waals surface area contributed by atoms with Crippen LogP contribution in [0.25, 0.3) is 0 Å². The van der Waals surface area contributed by atoms with Gasteiger partial charge in [0.25, 0.3) is 5.91 Å². The Morgan fingerprint density at radius 2 is 1.74 bits per heavy atom. The first-order chi connectivity index (χ1) is 13.1. The highest BCUT2D eigenvalue weighted by molar-refractivity contribution is 5.90. The van der Waals surface area contributed by atoms with Gasteiger partial charge in [-0.25, -0.2) is 4.98 Å². The Bertz CT molecular complexity index is 674. The molecule has 3 fully saturated rings. The summed E-state index contributed by atoms with van der Waals surface area (Å²) in [7, 11) is 0. The van der Waals surface area contributed by atoms with Crippen LogP contribution in [0.1, 0.15) is 54.8 Å². The number of aromatic nitrogens is 2. The van der Waals surface area contributed by atoms with Gasteiger partial charge < -0.3 is 14.8 Å². The number of imidazole rings is 1. The number of aryl methyl sites for hydroxylation is 1. The van der Waals surface area contributed by atoms with Crippen molar-refractivity contribution in [3.05, 3.63) is 17.7 Å². The van der Waals surface area contributed by atoms with Crippen molar-refractivity contribution in [2.75, 3.05) is 39.3 Å². The van der Waals surface area contributed by atoms with Crippen molar-refractivity contribution in [1.82, 2.24) is 24.7 Å². The molecular weight excluding hydrogens is 342 g/mol. The standard InChI is InChI=1S/C20H31N5O2/c1-15-13-21-18(22-15)20(27)24-11-6-17(7-12-24)25-10-4-5-16(14-25)19(26)23-8-2-3-9-23/h13,16-17H,2-12,14H2,1H3,(H,21,22)/t16-/m0/s1. The Morgan fingerprint density at radius 1 is 1.00 bits per heavy atom. The molecule has 0 aromatic carbocycles. The summed E-state index contributed by atoms with van der Waals surface area (Å²) in [6, 6.07) is 0.488. The summed E-state index contributed by atoms with van der Waals surface area (Å²) < 4.78 is 0. The molecule has 0 spiro atoms. The van der Waals surface area contributed by atoms with E-state index < -0.39 is 0 Å². The second kappa shape index (κ2) is 8.00. The van der Waals surface area contributed by atoms with Gasteiger partial charge in [-0.15, -0.1) is 0 Å². The molecule has 7 nitrogen and oxygen atoms in total. The van der Waals surface area contributed by atoms with E-state index in [0.717, 1.165) is 83.5 Å².